The van der Waals surface area contributed by atoms with Gasteiger partial charge in [0, 0.05) is 18.1 Å². The number of esters is 3. The highest BCUT2D eigenvalue weighted by molar-refractivity contribution is 5.91. The van der Waals surface area contributed by atoms with Crippen LogP contribution in [0.3, 0.4) is 0 Å². The second-order valence-electron chi connectivity index (χ2n) is 6.03. The van der Waals surface area contributed by atoms with E-state index in [2.05, 4.69) is 25.9 Å². The zero-order valence-corrected chi connectivity index (χ0v) is 15.0. The lowest BCUT2D eigenvalue weighted by atomic mass is 10.1. The molecule has 134 valence electrons. The van der Waals surface area contributed by atoms with E-state index in [0.29, 0.717) is 6.42 Å². The molecule has 0 aliphatic carbocycles. The van der Waals surface area contributed by atoms with Crippen LogP contribution in [0.2, 0.25) is 0 Å². The molecule has 0 N–H and O–H groups in total. The summed E-state index contributed by atoms with van der Waals surface area (Å²) in [5.74, 6) is -1.45. The Bertz CT molecular complexity index is 411. The standard InChI is InChI=1S/C15H26NO6.CH3/c1-12(11-16(2,3)4)10-15(19)22-9-8-21-14(18)7-6-13(17)20-5;/h6-7,12H,8-11H2,1-5H3;1H3/q+1;-1/b7-6+;. The number of carbonyl (C=O) groups is 3. The monoisotopic (exact) mass is 331 g/mol. The molecule has 0 radical (unpaired) electrons. The normalized spacial score (nSPS) is 12.2. The third-order valence-corrected chi connectivity index (χ3v) is 2.52. The zero-order valence-electron chi connectivity index (χ0n) is 15.0. The topological polar surface area (TPSA) is 78.9 Å². The van der Waals surface area contributed by atoms with Gasteiger partial charge in [-0.25, -0.2) is 9.59 Å². The van der Waals surface area contributed by atoms with Gasteiger partial charge in [0.2, 0.25) is 0 Å². The van der Waals surface area contributed by atoms with Crippen molar-refractivity contribution in [2.45, 2.75) is 13.3 Å². The SMILES string of the molecule is COC(=O)/C=C/C(=O)OCCOC(=O)CC(C)C[N+](C)(C)C.[CH3-]. The van der Waals surface area contributed by atoms with E-state index in [-0.39, 0.29) is 32.5 Å². The fraction of sp³-hybridized carbons (Fsp3) is 0.625. The maximum Gasteiger partial charge on any atom is 0.331 e. The summed E-state index contributed by atoms with van der Waals surface area (Å²) in [5.41, 5.74) is 0. The van der Waals surface area contributed by atoms with E-state index in [1.807, 2.05) is 6.92 Å². The van der Waals surface area contributed by atoms with E-state index in [1.54, 1.807) is 0 Å². The number of methoxy groups -OCH3 is 1. The van der Waals surface area contributed by atoms with Gasteiger partial charge in [0.1, 0.15) is 13.2 Å². The highest BCUT2D eigenvalue weighted by atomic mass is 16.6. The lowest BCUT2D eigenvalue weighted by Gasteiger charge is -2.27. The highest BCUT2D eigenvalue weighted by Crippen LogP contribution is 2.08. The summed E-state index contributed by atoms with van der Waals surface area (Å²) in [5, 5.41) is 0. The smallest absolute Gasteiger partial charge is 0.331 e. The molecular formula is C16H29NO6. The van der Waals surface area contributed by atoms with Crippen LogP contribution in [0.1, 0.15) is 13.3 Å². The van der Waals surface area contributed by atoms with Crippen molar-refractivity contribution >= 4 is 17.9 Å². The van der Waals surface area contributed by atoms with Gasteiger partial charge in [0.25, 0.3) is 0 Å². The van der Waals surface area contributed by atoms with Crippen LogP contribution in [0.25, 0.3) is 0 Å². The zero-order chi connectivity index (χ0) is 17.2. The molecular weight excluding hydrogens is 302 g/mol. The van der Waals surface area contributed by atoms with Gasteiger partial charge in [0.15, 0.2) is 0 Å². The lowest BCUT2D eigenvalue weighted by molar-refractivity contribution is -0.873. The van der Waals surface area contributed by atoms with Crippen molar-refractivity contribution in [3.63, 3.8) is 0 Å². The van der Waals surface area contributed by atoms with Crippen LogP contribution in [-0.4, -0.2) is 70.4 Å². The molecule has 23 heavy (non-hydrogen) atoms. The molecule has 0 aliphatic rings. The van der Waals surface area contributed by atoms with Crippen LogP contribution in [0, 0.1) is 13.3 Å². The average Bonchev–Trinajstić information content (AvgIpc) is 2.38. The van der Waals surface area contributed by atoms with E-state index in [0.717, 1.165) is 23.2 Å². The lowest BCUT2D eigenvalue weighted by Crippen LogP contribution is -2.39. The predicted molar refractivity (Wildman–Crippen MR) is 86.2 cm³/mol. The number of hydrogen-bond donors (Lipinski definition) is 0. The summed E-state index contributed by atoms with van der Waals surface area (Å²) < 4.78 is 14.8. The molecule has 0 aromatic rings. The highest BCUT2D eigenvalue weighted by Gasteiger charge is 2.17. The summed E-state index contributed by atoms with van der Waals surface area (Å²) in [6, 6.07) is 0. The molecule has 0 amide bonds. The van der Waals surface area contributed by atoms with Gasteiger partial charge in [0.05, 0.1) is 41.2 Å². The number of rotatable bonds is 9. The van der Waals surface area contributed by atoms with E-state index < -0.39 is 11.9 Å². The minimum absolute atomic E-state index is 0. The van der Waals surface area contributed by atoms with Crippen molar-refractivity contribution in [2.75, 3.05) is 48.0 Å². The maximum absolute atomic E-state index is 11.6. The Hall–Kier alpha value is -1.89. The average molecular weight is 331 g/mol. The Labute approximate surface area is 138 Å². The number of nitrogens with zero attached hydrogens (tertiary/aromatic N) is 1. The molecule has 1 unspecified atom stereocenters. The van der Waals surface area contributed by atoms with Crippen LogP contribution in [0.4, 0.5) is 0 Å². The van der Waals surface area contributed by atoms with Crippen molar-refractivity contribution < 1.29 is 33.1 Å². The molecule has 7 heteroatoms. The molecule has 0 saturated carbocycles. The molecule has 0 aromatic carbocycles. The minimum Gasteiger partial charge on any atom is -0.466 e. The van der Waals surface area contributed by atoms with E-state index in [1.165, 1.54) is 7.11 Å². The second-order valence-corrected chi connectivity index (χ2v) is 6.03. The van der Waals surface area contributed by atoms with Crippen LogP contribution in [0.15, 0.2) is 12.2 Å². The Morgan fingerprint density at radius 1 is 1.00 bits per heavy atom. The van der Waals surface area contributed by atoms with Crippen molar-refractivity contribution in [3.05, 3.63) is 19.6 Å². The molecule has 1 atom stereocenters. The fourth-order valence-electron chi connectivity index (χ4n) is 1.89. The van der Waals surface area contributed by atoms with Gasteiger partial charge < -0.3 is 26.1 Å². The first-order chi connectivity index (χ1) is 10.1. The Balaban J connectivity index is 0. The number of quaternary nitrogens is 1. The fourth-order valence-corrected chi connectivity index (χ4v) is 1.89. The largest absolute Gasteiger partial charge is 0.466 e. The van der Waals surface area contributed by atoms with Gasteiger partial charge in [-0.1, -0.05) is 6.92 Å². The van der Waals surface area contributed by atoms with Crippen molar-refractivity contribution in [1.82, 2.24) is 0 Å². The van der Waals surface area contributed by atoms with Crippen molar-refractivity contribution in [2.24, 2.45) is 5.92 Å². The number of carbonyl (C=O) groups excluding carboxylic acids is 3. The van der Waals surface area contributed by atoms with Gasteiger partial charge in [-0.05, 0) is 0 Å². The molecule has 0 spiro atoms. The minimum atomic E-state index is -0.695. The summed E-state index contributed by atoms with van der Waals surface area (Å²) in [4.78, 5) is 33.5. The molecule has 0 heterocycles. The third-order valence-electron chi connectivity index (χ3n) is 2.52. The van der Waals surface area contributed by atoms with Crippen LogP contribution < -0.4 is 0 Å². The van der Waals surface area contributed by atoms with Crippen LogP contribution >= 0.6 is 0 Å². The van der Waals surface area contributed by atoms with E-state index in [4.69, 9.17) is 9.47 Å². The summed E-state index contributed by atoms with van der Waals surface area (Å²) in [6.45, 7) is 2.79. The van der Waals surface area contributed by atoms with Gasteiger partial charge in [-0.15, -0.1) is 0 Å². The van der Waals surface area contributed by atoms with Gasteiger partial charge >= 0.3 is 17.9 Å². The number of hydrogen-bond acceptors (Lipinski definition) is 6. The molecule has 0 fully saturated rings. The van der Waals surface area contributed by atoms with Gasteiger partial charge in [-0.3, -0.25) is 4.79 Å². The van der Waals surface area contributed by atoms with E-state index in [9.17, 15) is 14.4 Å². The molecule has 0 saturated heterocycles. The first-order valence-electron chi connectivity index (χ1n) is 7.03. The quantitative estimate of drug-likeness (QED) is 0.156. The molecule has 7 nitrogen and oxygen atoms in total. The maximum atomic E-state index is 11.6. The molecule has 0 bridgehead atoms. The Morgan fingerprint density at radius 3 is 2.04 bits per heavy atom. The molecule has 0 rings (SSSR count). The summed E-state index contributed by atoms with van der Waals surface area (Å²) >= 11 is 0. The van der Waals surface area contributed by atoms with Gasteiger partial charge in [-0.2, -0.15) is 0 Å². The Morgan fingerprint density at radius 2 is 1.52 bits per heavy atom. The third kappa shape index (κ3) is 14.8. The van der Waals surface area contributed by atoms with Crippen LogP contribution in [-0.2, 0) is 28.6 Å². The molecule has 0 aliphatic heterocycles. The predicted octanol–water partition coefficient (Wildman–Crippen LogP) is 0.985. The summed E-state index contributed by atoms with van der Waals surface area (Å²) in [6.07, 6.45) is 2.24. The summed E-state index contributed by atoms with van der Waals surface area (Å²) in [7, 11) is 7.38. The number of ether oxygens (including phenoxy) is 3. The first kappa shape index (κ1) is 23.4. The van der Waals surface area contributed by atoms with Crippen molar-refractivity contribution in [1.29, 1.82) is 0 Å². The van der Waals surface area contributed by atoms with Crippen molar-refractivity contribution in [3.8, 4) is 0 Å². The Kier molecular flexibility index (Phi) is 11.8. The van der Waals surface area contributed by atoms with E-state index >= 15 is 0 Å². The van der Waals surface area contributed by atoms with Crippen LogP contribution in [0.5, 0.6) is 0 Å². The second kappa shape index (κ2) is 11.6. The molecule has 0 aromatic heterocycles. The first-order valence-corrected chi connectivity index (χ1v) is 7.03.